The molecule has 1 N–H and O–H groups in total. The minimum Gasteiger partial charge on any atom is -0.485 e. The van der Waals surface area contributed by atoms with E-state index in [1.807, 2.05) is 20.8 Å². The van der Waals surface area contributed by atoms with E-state index in [-0.39, 0.29) is 11.8 Å². The van der Waals surface area contributed by atoms with Crippen LogP contribution in [0.25, 0.3) is 0 Å². The number of aliphatic hydroxyl groups excluding tert-OH is 1. The van der Waals surface area contributed by atoms with Crippen molar-refractivity contribution in [3.05, 3.63) is 29.3 Å². The summed E-state index contributed by atoms with van der Waals surface area (Å²) < 4.78 is 5.89. The summed E-state index contributed by atoms with van der Waals surface area (Å²) in [5, 5.41) is 19.9. The number of fused-ring (bicyclic) bond motifs is 1. The summed E-state index contributed by atoms with van der Waals surface area (Å²) in [6.07, 6.45) is -0.0560. The van der Waals surface area contributed by atoms with Crippen molar-refractivity contribution in [2.45, 2.75) is 44.9 Å². The zero-order valence-corrected chi connectivity index (χ0v) is 13.0. The van der Waals surface area contributed by atoms with Crippen LogP contribution >= 0.6 is 0 Å². The smallest absolute Gasteiger partial charge is 0.226 e. The van der Waals surface area contributed by atoms with E-state index in [2.05, 4.69) is 6.07 Å². The molecule has 2 aliphatic rings. The lowest BCUT2D eigenvalue weighted by Crippen LogP contribution is -2.54. The van der Waals surface area contributed by atoms with Gasteiger partial charge in [-0.3, -0.25) is 4.79 Å². The lowest BCUT2D eigenvalue weighted by Gasteiger charge is -2.45. The molecule has 1 unspecified atom stereocenters. The first-order valence-corrected chi connectivity index (χ1v) is 7.57. The van der Waals surface area contributed by atoms with Crippen LogP contribution < -0.4 is 4.74 Å². The number of hydrogen-bond donors (Lipinski definition) is 1. The maximum atomic E-state index is 12.4. The first kappa shape index (κ1) is 14.9. The van der Waals surface area contributed by atoms with Crippen LogP contribution in [0, 0.1) is 17.2 Å². The largest absolute Gasteiger partial charge is 0.485 e. The SMILES string of the molecule is CC1CCN([C@H]2c3cc(C#N)ccc3OC(C)(C)[C@@H]2O)C1=O. The van der Waals surface area contributed by atoms with Crippen LogP contribution in [0.2, 0.25) is 0 Å². The summed E-state index contributed by atoms with van der Waals surface area (Å²) >= 11 is 0. The molecule has 1 saturated heterocycles. The monoisotopic (exact) mass is 300 g/mol. The Morgan fingerprint density at radius 3 is 2.77 bits per heavy atom. The van der Waals surface area contributed by atoms with Crippen LogP contribution in [0.15, 0.2) is 18.2 Å². The van der Waals surface area contributed by atoms with Gasteiger partial charge in [-0.15, -0.1) is 0 Å². The normalized spacial score (nSPS) is 29.7. The minimum atomic E-state index is -0.844. The van der Waals surface area contributed by atoms with Gasteiger partial charge in [-0.1, -0.05) is 6.92 Å². The van der Waals surface area contributed by atoms with E-state index in [1.54, 1.807) is 23.1 Å². The standard InChI is InChI=1S/C17H20N2O3/c1-10-6-7-19(16(10)21)14-12-8-11(9-18)4-5-13(12)22-17(2,3)15(14)20/h4-5,8,10,14-15,20H,6-7H2,1-3H3/t10?,14-,15+/m0/s1. The fourth-order valence-electron chi connectivity index (χ4n) is 3.30. The third-order valence-corrected chi connectivity index (χ3v) is 4.69. The van der Waals surface area contributed by atoms with Crippen LogP contribution in [-0.4, -0.2) is 34.2 Å². The highest BCUT2D eigenvalue weighted by molar-refractivity contribution is 5.81. The van der Waals surface area contributed by atoms with Crippen LogP contribution in [0.5, 0.6) is 5.75 Å². The fraction of sp³-hybridized carbons (Fsp3) is 0.529. The molecule has 1 amide bonds. The van der Waals surface area contributed by atoms with Crippen molar-refractivity contribution in [2.75, 3.05) is 6.54 Å². The van der Waals surface area contributed by atoms with Crippen molar-refractivity contribution < 1.29 is 14.6 Å². The van der Waals surface area contributed by atoms with Crippen LogP contribution in [0.1, 0.15) is 44.4 Å². The molecule has 1 aromatic rings. The van der Waals surface area contributed by atoms with E-state index in [0.29, 0.717) is 23.4 Å². The maximum absolute atomic E-state index is 12.4. The van der Waals surface area contributed by atoms with Crippen molar-refractivity contribution in [1.82, 2.24) is 4.90 Å². The number of benzene rings is 1. The van der Waals surface area contributed by atoms with Gasteiger partial charge in [0.15, 0.2) is 0 Å². The number of hydrogen-bond acceptors (Lipinski definition) is 4. The van der Waals surface area contributed by atoms with Gasteiger partial charge < -0.3 is 14.7 Å². The molecule has 1 aromatic carbocycles. The summed E-state index contributed by atoms with van der Waals surface area (Å²) in [6, 6.07) is 6.79. The van der Waals surface area contributed by atoms with Crippen molar-refractivity contribution in [3.63, 3.8) is 0 Å². The summed E-state index contributed by atoms with van der Waals surface area (Å²) in [6.45, 7) is 6.16. The number of ether oxygens (including phenoxy) is 1. The molecule has 5 heteroatoms. The molecule has 116 valence electrons. The molecule has 0 aromatic heterocycles. The molecule has 1 fully saturated rings. The molecule has 0 radical (unpaired) electrons. The second-order valence-corrected chi connectivity index (χ2v) is 6.68. The highest BCUT2D eigenvalue weighted by Gasteiger charge is 2.48. The number of likely N-dealkylation sites (tertiary alicyclic amines) is 1. The van der Waals surface area contributed by atoms with Crippen LogP contribution in [-0.2, 0) is 4.79 Å². The van der Waals surface area contributed by atoms with E-state index in [0.717, 1.165) is 6.42 Å². The Bertz CT molecular complexity index is 662. The maximum Gasteiger partial charge on any atom is 0.226 e. The van der Waals surface area contributed by atoms with Gasteiger partial charge in [0.2, 0.25) is 5.91 Å². The number of nitriles is 1. The molecular formula is C17H20N2O3. The molecule has 0 saturated carbocycles. The third kappa shape index (κ3) is 2.15. The first-order chi connectivity index (χ1) is 10.3. The predicted molar refractivity (Wildman–Crippen MR) is 80.1 cm³/mol. The third-order valence-electron chi connectivity index (χ3n) is 4.69. The summed E-state index contributed by atoms with van der Waals surface area (Å²) in [7, 11) is 0. The van der Waals surface area contributed by atoms with Crippen molar-refractivity contribution in [1.29, 1.82) is 5.26 Å². The molecular weight excluding hydrogens is 280 g/mol. The Morgan fingerprint density at radius 1 is 1.45 bits per heavy atom. The van der Waals surface area contributed by atoms with Crippen molar-refractivity contribution >= 4 is 5.91 Å². The van der Waals surface area contributed by atoms with E-state index >= 15 is 0 Å². The molecule has 3 atom stereocenters. The molecule has 22 heavy (non-hydrogen) atoms. The molecule has 0 aliphatic carbocycles. The number of rotatable bonds is 1. The lowest BCUT2D eigenvalue weighted by molar-refractivity contribution is -0.142. The van der Waals surface area contributed by atoms with Gasteiger partial charge in [0.1, 0.15) is 17.5 Å². The second kappa shape index (κ2) is 4.99. The minimum absolute atomic E-state index is 0.0271. The summed E-state index contributed by atoms with van der Waals surface area (Å²) in [5.74, 6) is 0.655. The highest BCUT2D eigenvalue weighted by Crippen LogP contribution is 2.44. The van der Waals surface area contributed by atoms with E-state index in [4.69, 9.17) is 10.00 Å². The number of aliphatic hydroxyl groups is 1. The van der Waals surface area contributed by atoms with Crippen molar-refractivity contribution in [3.8, 4) is 11.8 Å². The van der Waals surface area contributed by atoms with Gasteiger partial charge in [-0.2, -0.15) is 5.26 Å². The molecule has 0 bridgehead atoms. The van der Waals surface area contributed by atoms with E-state index < -0.39 is 17.7 Å². The topological polar surface area (TPSA) is 73.6 Å². The van der Waals surface area contributed by atoms with Gasteiger partial charge in [-0.25, -0.2) is 0 Å². The quantitative estimate of drug-likeness (QED) is 0.861. The Morgan fingerprint density at radius 2 is 2.18 bits per heavy atom. The van der Waals surface area contributed by atoms with Gasteiger partial charge in [0, 0.05) is 18.0 Å². The fourth-order valence-corrected chi connectivity index (χ4v) is 3.30. The molecule has 0 spiro atoms. The first-order valence-electron chi connectivity index (χ1n) is 7.57. The van der Waals surface area contributed by atoms with E-state index in [9.17, 15) is 9.90 Å². The number of amides is 1. The molecule has 2 aliphatic heterocycles. The van der Waals surface area contributed by atoms with Crippen molar-refractivity contribution in [2.24, 2.45) is 5.92 Å². The average molecular weight is 300 g/mol. The average Bonchev–Trinajstić information content (AvgIpc) is 2.80. The highest BCUT2D eigenvalue weighted by atomic mass is 16.5. The van der Waals surface area contributed by atoms with Crippen LogP contribution in [0.4, 0.5) is 0 Å². The van der Waals surface area contributed by atoms with Gasteiger partial charge >= 0.3 is 0 Å². The van der Waals surface area contributed by atoms with Gasteiger partial charge in [-0.05, 0) is 38.5 Å². The lowest BCUT2D eigenvalue weighted by atomic mass is 9.85. The number of carbonyl (C=O) groups excluding carboxylic acids is 1. The zero-order valence-electron chi connectivity index (χ0n) is 13.0. The summed E-state index contributed by atoms with van der Waals surface area (Å²) in [5.41, 5.74) is 0.421. The number of carbonyl (C=O) groups is 1. The van der Waals surface area contributed by atoms with Gasteiger partial charge in [0.05, 0.1) is 17.7 Å². The molecule has 5 nitrogen and oxygen atoms in total. The molecule has 2 heterocycles. The number of nitrogens with zero attached hydrogens (tertiary/aromatic N) is 2. The Labute approximate surface area is 130 Å². The Balaban J connectivity index is 2.11. The second-order valence-electron chi connectivity index (χ2n) is 6.68. The molecule has 3 rings (SSSR count). The Hall–Kier alpha value is -2.06. The van der Waals surface area contributed by atoms with Crippen LogP contribution in [0.3, 0.4) is 0 Å². The summed E-state index contributed by atoms with van der Waals surface area (Å²) in [4.78, 5) is 14.2. The predicted octanol–water partition coefficient (Wildman–Crippen LogP) is 2.00. The van der Waals surface area contributed by atoms with E-state index in [1.165, 1.54) is 0 Å². The van der Waals surface area contributed by atoms with Gasteiger partial charge in [0.25, 0.3) is 0 Å². The Kier molecular flexibility index (Phi) is 3.37. The zero-order chi connectivity index (χ0) is 16.1.